The monoisotopic (exact) mass is 255 g/mol. The molecule has 0 aliphatic rings. The van der Waals surface area contributed by atoms with Crippen molar-refractivity contribution in [3.63, 3.8) is 0 Å². The maximum atomic E-state index is 11.1. The van der Waals surface area contributed by atoms with Gasteiger partial charge in [0.25, 0.3) is 0 Å². The quantitative estimate of drug-likeness (QED) is 0.600. The van der Waals surface area contributed by atoms with Crippen LogP contribution in [-0.2, 0) is 16.1 Å². The first kappa shape index (κ1) is 14.0. The predicted octanol–water partition coefficient (Wildman–Crippen LogP) is 2.34. The summed E-state index contributed by atoms with van der Waals surface area (Å²) in [6.07, 6.45) is 0.794. The number of ether oxygens (including phenoxy) is 1. The molecule has 0 radical (unpaired) electrons. The molecule has 0 aliphatic heterocycles. The predicted molar refractivity (Wildman–Crippen MR) is 69.0 cm³/mol. The van der Waals surface area contributed by atoms with E-state index in [0.29, 0.717) is 19.8 Å². The first-order valence-corrected chi connectivity index (χ1v) is 6.17. The van der Waals surface area contributed by atoms with Crippen LogP contribution in [0.1, 0.15) is 18.9 Å². The zero-order chi connectivity index (χ0) is 12.5. The Morgan fingerprint density at radius 2 is 2.12 bits per heavy atom. The Morgan fingerprint density at radius 3 is 2.76 bits per heavy atom. The number of benzene rings is 1. The van der Waals surface area contributed by atoms with Gasteiger partial charge in [-0.25, -0.2) is 0 Å². The van der Waals surface area contributed by atoms with E-state index in [4.69, 9.17) is 16.3 Å². The molecular weight excluding hydrogens is 238 g/mol. The van der Waals surface area contributed by atoms with Crippen molar-refractivity contribution in [2.24, 2.45) is 0 Å². The van der Waals surface area contributed by atoms with Crippen LogP contribution in [0.25, 0.3) is 0 Å². The molecule has 0 spiro atoms. The van der Waals surface area contributed by atoms with Crippen molar-refractivity contribution in [1.82, 2.24) is 5.32 Å². The topological polar surface area (TPSA) is 38.3 Å². The third-order valence-corrected chi connectivity index (χ3v) is 2.44. The van der Waals surface area contributed by atoms with Crippen LogP contribution in [0.15, 0.2) is 30.3 Å². The molecule has 0 aromatic heterocycles. The fourth-order valence-electron chi connectivity index (χ4n) is 1.29. The fraction of sp³-hybridized carbons (Fsp3) is 0.462. The molecule has 1 aromatic carbocycles. The molecule has 1 aromatic rings. The van der Waals surface area contributed by atoms with Crippen LogP contribution in [0.5, 0.6) is 0 Å². The zero-order valence-electron chi connectivity index (χ0n) is 9.99. The Kier molecular flexibility index (Phi) is 6.67. The molecule has 1 N–H and O–H groups in total. The van der Waals surface area contributed by atoms with E-state index < -0.39 is 5.38 Å². The average Bonchev–Trinajstić information content (AvgIpc) is 2.34. The second-order valence-electron chi connectivity index (χ2n) is 3.80. The van der Waals surface area contributed by atoms with Crippen molar-refractivity contribution in [2.45, 2.75) is 25.3 Å². The molecular formula is C13H18ClNO2. The van der Waals surface area contributed by atoms with Gasteiger partial charge in [-0.3, -0.25) is 4.79 Å². The summed E-state index contributed by atoms with van der Waals surface area (Å²) >= 11 is 5.61. The SMILES string of the molecule is CC(Cl)C(=O)NCCCOCc1ccccc1. The lowest BCUT2D eigenvalue weighted by Gasteiger charge is -2.07. The van der Waals surface area contributed by atoms with E-state index in [1.807, 2.05) is 30.3 Å². The maximum absolute atomic E-state index is 11.1. The van der Waals surface area contributed by atoms with Gasteiger partial charge in [-0.05, 0) is 18.9 Å². The highest BCUT2D eigenvalue weighted by Gasteiger charge is 2.06. The van der Waals surface area contributed by atoms with Crippen LogP contribution in [0, 0.1) is 0 Å². The summed E-state index contributed by atoms with van der Waals surface area (Å²) in [5.41, 5.74) is 1.16. The summed E-state index contributed by atoms with van der Waals surface area (Å²) in [5.74, 6) is -0.130. The summed E-state index contributed by atoms with van der Waals surface area (Å²) in [6, 6.07) is 10.0. The number of amides is 1. The number of hydrogen-bond donors (Lipinski definition) is 1. The largest absolute Gasteiger partial charge is 0.377 e. The Bertz CT molecular complexity index is 327. The number of alkyl halides is 1. The van der Waals surface area contributed by atoms with E-state index in [-0.39, 0.29) is 5.91 Å². The van der Waals surface area contributed by atoms with Crippen LogP contribution >= 0.6 is 11.6 Å². The molecule has 4 heteroatoms. The zero-order valence-corrected chi connectivity index (χ0v) is 10.7. The number of hydrogen-bond acceptors (Lipinski definition) is 2. The van der Waals surface area contributed by atoms with Gasteiger partial charge in [-0.15, -0.1) is 11.6 Å². The fourth-order valence-corrected chi connectivity index (χ4v) is 1.37. The molecule has 0 aliphatic carbocycles. The third-order valence-electron chi connectivity index (χ3n) is 2.24. The Labute approximate surface area is 107 Å². The molecule has 0 bridgehead atoms. The van der Waals surface area contributed by atoms with Gasteiger partial charge >= 0.3 is 0 Å². The van der Waals surface area contributed by atoms with Gasteiger partial charge in [0.15, 0.2) is 0 Å². The minimum absolute atomic E-state index is 0.130. The van der Waals surface area contributed by atoms with Crippen LogP contribution in [0.4, 0.5) is 0 Å². The lowest BCUT2D eigenvalue weighted by molar-refractivity contribution is -0.120. The van der Waals surface area contributed by atoms with Crippen LogP contribution in [0.2, 0.25) is 0 Å². The van der Waals surface area contributed by atoms with E-state index in [0.717, 1.165) is 12.0 Å². The minimum atomic E-state index is -0.472. The van der Waals surface area contributed by atoms with Gasteiger partial charge in [0.2, 0.25) is 5.91 Å². The molecule has 17 heavy (non-hydrogen) atoms. The molecule has 94 valence electrons. The lowest BCUT2D eigenvalue weighted by atomic mass is 10.2. The number of rotatable bonds is 7. The van der Waals surface area contributed by atoms with Gasteiger partial charge in [0.05, 0.1) is 6.61 Å². The third kappa shape index (κ3) is 6.29. The smallest absolute Gasteiger partial charge is 0.237 e. The van der Waals surface area contributed by atoms with Crippen molar-refractivity contribution in [2.75, 3.05) is 13.2 Å². The molecule has 0 saturated carbocycles. The number of halogens is 1. The Morgan fingerprint density at radius 1 is 1.41 bits per heavy atom. The van der Waals surface area contributed by atoms with Crippen LogP contribution in [-0.4, -0.2) is 24.4 Å². The van der Waals surface area contributed by atoms with Gasteiger partial charge in [0.1, 0.15) is 5.38 Å². The molecule has 3 nitrogen and oxygen atoms in total. The van der Waals surface area contributed by atoms with Crippen molar-refractivity contribution < 1.29 is 9.53 Å². The molecule has 1 atom stereocenters. The molecule has 0 saturated heterocycles. The molecule has 0 heterocycles. The van der Waals surface area contributed by atoms with E-state index in [1.54, 1.807) is 6.92 Å². The lowest BCUT2D eigenvalue weighted by Crippen LogP contribution is -2.30. The highest BCUT2D eigenvalue weighted by Crippen LogP contribution is 2.00. The number of carbonyl (C=O) groups excluding carboxylic acids is 1. The second kappa shape index (κ2) is 8.09. The summed E-state index contributed by atoms with van der Waals surface area (Å²) in [7, 11) is 0. The van der Waals surface area contributed by atoms with Gasteiger partial charge < -0.3 is 10.1 Å². The van der Waals surface area contributed by atoms with Crippen molar-refractivity contribution in [3.05, 3.63) is 35.9 Å². The first-order chi connectivity index (χ1) is 8.20. The summed E-state index contributed by atoms with van der Waals surface area (Å²) in [5, 5.41) is 2.26. The van der Waals surface area contributed by atoms with Crippen LogP contribution in [0.3, 0.4) is 0 Å². The van der Waals surface area contributed by atoms with Crippen LogP contribution < -0.4 is 5.32 Å². The molecule has 0 fully saturated rings. The van der Waals surface area contributed by atoms with E-state index in [9.17, 15) is 4.79 Å². The summed E-state index contributed by atoms with van der Waals surface area (Å²) in [6.45, 7) is 3.50. The van der Waals surface area contributed by atoms with Gasteiger partial charge in [-0.2, -0.15) is 0 Å². The summed E-state index contributed by atoms with van der Waals surface area (Å²) < 4.78 is 5.48. The second-order valence-corrected chi connectivity index (χ2v) is 4.45. The van der Waals surface area contributed by atoms with Crippen molar-refractivity contribution in [1.29, 1.82) is 0 Å². The molecule has 1 unspecified atom stereocenters. The standard InChI is InChI=1S/C13H18ClNO2/c1-11(14)13(16)15-8-5-9-17-10-12-6-3-2-4-7-12/h2-4,6-7,11H,5,8-10H2,1H3,(H,15,16). The average molecular weight is 256 g/mol. The number of carbonyl (C=O) groups is 1. The molecule has 1 amide bonds. The van der Waals surface area contributed by atoms with E-state index >= 15 is 0 Å². The maximum Gasteiger partial charge on any atom is 0.237 e. The number of nitrogens with one attached hydrogen (secondary N) is 1. The van der Waals surface area contributed by atoms with Gasteiger partial charge in [0, 0.05) is 13.2 Å². The Balaban J connectivity index is 2.00. The normalized spacial score (nSPS) is 12.1. The molecule has 1 rings (SSSR count). The van der Waals surface area contributed by atoms with Crippen molar-refractivity contribution >= 4 is 17.5 Å². The summed E-state index contributed by atoms with van der Waals surface area (Å²) in [4.78, 5) is 11.1. The Hall–Kier alpha value is -1.06. The van der Waals surface area contributed by atoms with Crippen molar-refractivity contribution in [3.8, 4) is 0 Å². The minimum Gasteiger partial charge on any atom is -0.377 e. The van der Waals surface area contributed by atoms with E-state index in [1.165, 1.54) is 0 Å². The highest BCUT2D eigenvalue weighted by molar-refractivity contribution is 6.30. The first-order valence-electron chi connectivity index (χ1n) is 5.73. The van der Waals surface area contributed by atoms with Gasteiger partial charge in [-0.1, -0.05) is 30.3 Å². The van der Waals surface area contributed by atoms with E-state index in [2.05, 4.69) is 5.32 Å². The highest BCUT2D eigenvalue weighted by atomic mass is 35.5.